The van der Waals surface area contributed by atoms with E-state index in [0.29, 0.717) is 28.6 Å². The zero-order chi connectivity index (χ0) is 26.0. The molecule has 194 valence electrons. The van der Waals surface area contributed by atoms with Gasteiger partial charge in [0.05, 0.1) is 6.54 Å². The molecule has 0 spiro atoms. The summed E-state index contributed by atoms with van der Waals surface area (Å²) in [7, 11) is 0. The molecule has 3 N–H and O–H groups in total. The third-order valence-corrected chi connectivity index (χ3v) is 8.08. The number of aromatic amines is 1. The van der Waals surface area contributed by atoms with Gasteiger partial charge in [-0.05, 0) is 68.0 Å². The molecule has 11 heteroatoms. The highest BCUT2D eigenvalue weighted by molar-refractivity contribution is 8.01. The van der Waals surface area contributed by atoms with Crippen LogP contribution in [0.2, 0.25) is 0 Å². The zero-order valence-electron chi connectivity index (χ0n) is 21.5. The third kappa shape index (κ3) is 6.85. The van der Waals surface area contributed by atoms with Crippen molar-refractivity contribution < 1.29 is 4.79 Å². The summed E-state index contributed by atoms with van der Waals surface area (Å²) >= 11 is 3.47. The summed E-state index contributed by atoms with van der Waals surface area (Å²) in [6.07, 6.45) is 3.03. The molecule has 4 aromatic rings. The van der Waals surface area contributed by atoms with Crippen molar-refractivity contribution in [3.05, 3.63) is 54.4 Å². The molecule has 1 aromatic carbocycles. The molecule has 0 bridgehead atoms. The van der Waals surface area contributed by atoms with Crippen LogP contribution >= 0.6 is 23.5 Å². The number of anilines is 3. The molecular weight excluding hydrogens is 504 g/mol. The number of hydrogen-bond donors (Lipinski definition) is 3. The minimum absolute atomic E-state index is 0.0209. The van der Waals surface area contributed by atoms with Gasteiger partial charge in [0.15, 0.2) is 11.6 Å². The Balaban J connectivity index is 1.19. The first-order valence-corrected chi connectivity index (χ1v) is 14.0. The summed E-state index contributed by atoms with van der Waals surface area (Å²) in [6, 6.07) is 13.6. The number of benzene rings is 1. The van der Waals surface area contributed by atoms with Crippen LogP contribution in [0.1, 0.15) is 32.9 Å². The SMILES string of the molecule is Cc1cc(Nc2nc(Sc3ccc(NC(=O)CN4CC[C@@H](SC(C)(C)C)C4)cc3)nn3cccc23)n[nH]1. The number of amides is 1. The van der Waals surface area contributed by atoms with E-state index in [-0.39, 0.29) is 10.7 Å². The molecule has 9 nitrogen and oxygen atoms in total. The summed E-state index contributed by atoms with van der Waals surface area (Å²) in [6.45, 7) is 11.1. The standard InChI is InChI=1S/C26H32N8OS2/c1-17-14-22(31-30-17)28-24-21-6-5-12-34(21)32-25(29-24)36-19-9-7-18(8-10-19)27-23(35)16-33-13-11-20(15-33)37-26(2,3)4/h5-10,12,14,20H,11,13,15-16H2,1-4H3,(H,27,35)(H2,28,29,30,31,32)/t20-/m1/s1. The maximum absolute atomic E-state index is 12.6. The van der Waals surface area contributed by atoms with Gasteiger partial charge in [-0.25, -0.2) is 9.50 Å². The topological polar surface area (TPSA) is 103 Å². The highest BCUT2D eigenvalue weighted by atomic mass is 32.2. The molecule has 1 fully saturated rings. The van der Waals surface area contributed by atoms with Crippen LogP contribution < -0.4 is 10.6 Å². The Labute approximate surface area is 225 Å². The number of rotatable bonds is 8. The molecule has 1 aliphatic heterocycles. The number of hydrogen-bond acceptors (Lipinski definition) is 8. The fraction of sp³-hybridized carbons (Fsp3) is 0.385. The number of nitrogens with zero attached hydrogens (tertiary/aromatic N) is 5. The lowest BCUT2D eigenvalue weighted by molar-refractivity contribution is -0.117. The van der Waals surface area contributed by atoms with E-state index in [1.165, 1.54) is 11.8 Å². The van der Waals surface area contributed by atoms with Crippen LogP contribution in [0.25, 0.3) is 5.52 Å². The predicted molar refractivity (Wildman–Crippen MR) is 151 cm³/mol. The monoisotopic (exact) mass is 536 g/mol. The van der Waals surface area contributed by atoms with Gasteiger partial charge in [-0.1, -0.05) is 20.8 Å². The van der Waals surface area contributed by atoms with Crippen LogP contribution in [0.4, 0.5) is 17.3 Å². The lowest BCUT2D eigenvalue weighted by atomic mass is 10.3. The number of aryl methyl sites for hydroxylation is 1. The predicted octanol–water partition coefficient (Wildman–Crippen LogP) is 5.20. The van der Waals surface area contributed by atoms with Crippen LogP contribution in [0, 0.1) is 6.92 Å². The Morgan fingerprint density at radius 1 is 1.22 bits per heavy atom. The molecule has 1 amide bonds. The molecule has 0 unspecified atom stereocenters. The van der Waals surface area contributed by atoms with Crippen LogP contribution in [0.3, 0.4) is 0 Å². The zero-order valence-corrected chi connectivity index (χ0v) is 23.1. The maximum Gasteiger partial charge on any atom is 0.238 e. The normalized spacial score (nSPS) is 16.4. The second-order valence-corrected chi connectivity index (χ2v) is 13.4. The van der Waals surface area contributed by atoms with Gasteiger partial charge in [0, 0.05) is 45.1 Å². The molecule has 1 atom stereocenters. The van der Waals surface area contributed by atoms with E-state index in [2.05, 4.69) is 51.6 Å². The van der Waals surface area contributed by atoms with Crippen molar-refractivity contribution in [3.63, 3.8) is 0 Å². The van der Waals surface area contributed by atoms with Gasteiger partial charge < -0.3 is 10.6 Å². The molecule has 0 aliphatic carbocycles. The summed E-state index contributed by atoms with van der Waals surface area (Å²) < 4.78 is 2.05. The van der Waals surface area contributed by atoms with Gasteiger partial charge in [0.25, 0.3) is 0 Å². The van der Waals surface area contributed by atoms with E-state index >= 15 is 0 Å². The van der Waals surface area contributed by atoms with Crippen molar-refractivity contribution in [2.24, 2.45) is 0 Å². The van der Waals surface area contributed by atoms with Crippen molar-refractivity contribution in [1.82, 2.24) is 29.7 Å². The number of thioether (sulfide) groups is 1. The van der Waals surface area contributed by atoms with E-state index in [4.69, 9.17) is 4.98 Å². The molecule has 0 radical (unpaired) electrons. The molecule has 3 aromatic heterocycles. The lowest BCUT2D eigenvalue weighted by Crippen LogP contribution is -2.32. The first-order chi connectivity index (χ1) is 17.7. The van der Waals surface area contributed by atoms with Crippen LogP contribution in [-0.2, 0) is 4.79 Å². The van der Waals surface area contributed by atoms with E-state index in [9.17, 15) is 4.79 Å². The molecule has 5 rings (SSSR count). The van der Waals surface area contributed by atoms with E-state index in [0.717, 1.165) is 41.3 Å². The Hall–Kier alpha value is -3.02. The van der Waals surface area contributed by atoms with E-state index in [1.54, 1.807) is 4.52 Å². The molecule has 1 saturated heterocycles. The largest absolute Gasteiger partial charge is 0.325 e. The van der Waals surface area contributed by atoms with Crippen molar-refractivity contribution in [3.8, 4) is 0 Å². The van der Waals surface area contributed by atoms with Gasteiger partial charge in [-0.15, -0.1) is 5.10 Å². The quantitative estimate of drug-likeness (QED) is 0.282. The van der Waals surface area contributed by atoms with Crippen LogP contribution in [-0.4, -0.2) is 65.2 Å². The fourth-order valence-corrected chi connectivity index (χ4v) is 6.56. The average molecular weight is 537 g/mol. The minimum atomic E-state index is 0.0209. The smallest absolute Gasteiger partial charge is 0.238 e. The van der Waals surface area contributed by atoms with Crippen molar-refractivity contribution in [2.75, 3.05) is 30.3 Å². The number of carbonyl (C=O) groups is 1. The number of H-pyrrole nitrogens is 1. The van der Waals surface area contributed by atoms with Crippen molar-refractivity contribution in [2.45, 2.75) is 54.2 Å². The summed E-state index contributed by atoms with van der Waals surface area (Å²) in [4.78, 5) is 20.6. The highest BCUT2D eigenvalue weighted by Gasteiger charge is 2.28. The third-order valence-electron chi connectivity index (χ3n) is 5.79. The van der Waals surface area contributed by atoms with E-state index < -0.39 is 0 Å². The molecule has 0 saturated carbocycles. The second kappa shape index (κ2) is 10.8. The Morgan fingerprint density at radius 3 is 2.76 bits per heavy atom. The summed E-state index contributed by atoms with van der Waals surface area (Å²) in [5.74, 6) is 1.41. The fourth-order valence-electron chi connectivity index (χ4n) is 4.31. The average Bonchev–Trinajstić information content (AvgIpc) is 3.56. The summed E-state index contributed by atoms with van der Waals surface area (Å²) in [5.41, 5.74) is 2.62. The number of nitrogens with one attached hydrogen (secondary N) is 3. The number of likely N-dealkylation sites (tertiary alicyclic amines) is 1. The Kier molecular flexibility index (Phi) is 7.45. The second-order valence-electron chi connectivity index (χ2n) is 10.2. The van der Waals surface area contributed by atoms with E-state index in [1.807, 2.05) is 67.3 Å². The van der Waals surface area contributed by atoms with Crippen LogP contribution in [0.15, 0.2) is 58.7 Å². The molecule has 37 heavy (non-hydrogen) atoms. The number of aromatic nitrogens is 5. The van der Waals surface area contributed by atoms with Gasteiger partial charge in [0.1, 0.15) is 5.52 Å². The summed E-state index contributed by atoms with van der Waals surface area (Å²) in [5, 5.41) is 19.3. The lowest BCUT2D eigenvalue weighted by Gasteiger charge is -2.23. The first-order valence-electron chi connectivity index (χ1n) is 12.3. The van der Waals surface area contributed by atoms with Crippen molar-refractivity contribution in [1.29, 1.82) is 0 Å². The minimum Gasteiger partial charge on any atom is -0.325 e. The van der Waals surface area contributed by atoms with Crippen LogP contribution in [0.5, 0.6) is 0 Å². The molecule has 1 aliphatic rings. The molecule has 4 heterocycles. The first kappa shape index (κ1) is 25.6. The van der Waals surface area contributed by atoms with Crippen molar-refractivity contribution >= 4 is 52.3 Å². The number of fused-ring (bicyclic) bond motifs is 1. The van der Waals surface area contributed by atoms with Gasteiger partial charge in [-0.2, -0.15) is 16.9 Å². The Morgan fingerprint density at radius 2 is 2.03 bits per heavy atom. The highest BCUT2D eigenvalue weighted by Crippen LogP contribution is 2.33. The van der Waals surface area contributed by atoms with Gasteiger partial charge in [0.2, 0.25) is 11.1 Å². The Bertz CT molecular complexity index is 1380. The van der Waals surface area contributed by atoms with Gasteiger partial charge in [-0.3, -0.25) is 14.8 Å². The maximum atomic E-state index is 12.6. The number of carbonyl (C=O) groups excluding carboxylic acids is 1. The van der Waals surface area contributed by atoms with Gasteiger partial charge >= 0.3 is 0 Å². The molecular formula is C26H32N8OS2.